The van der Waals surface area contributed by atoms with Gasteiger partial charge in [0.25, 0.3) is 0 Å². The van der Waals surface area contributed by atoms with Gasteiger partial charge in [-0.3, -0.25) is 14.4 Å². The number of aliphatic hydroxyl groups excluding tert-OH is 2. The maximum Gasteiger partial charge on any atom is 0.303 e. The van der Waals surface area contributed by atoms with Gasteiger partial charge in [-0.1, -0.05) is 0 Å². The van der Waals surface area contributed by atoms with E-state index in [1.807, 2.05) is 0 Å². The summed E-state index contributed by atoms with van der Waals surface area (Å²) in [6.45, 7) is 2.71. The third-order valence-corrected chi connectivity index (χ3v) is 2.70. The summed E-state index contributed by atoms with van der Waals surface area (Å²) in [5, 5.41) is 19.0. The fraction of sp³-hybridized carbons (Fsp3) is 0.750. The van der Waals surface area contributed by atoms with Crippen LogP contribution in [-0.4, -0.2) is 65.4 Å². The monoisotopic (exact) mass is 306 g/mol. The van der Waals surface area contributed by atoms with Crippen molar-refractivity contribution < 1.29 is 43.5 Å². The van der Waals surface area contributed by atoms with Crippen LogP contribution in [0.15, 0.2) is 0 Å². The number of aliphatic hydroxyl groups is 2. The number of hydrogen-bond donors (Lipinski definition) is 2. The number of esters is 3. The molecule has 0 aromatic rings. The fourth-order valence-electron chi connectivity index (χ4n) is 2.02. The van der Waals surface area contributed by atoms with Gasteiger partial charge in [-0.25, -0.2) is 0 Å². The highest BCUT2D eigenvalue weighted by atomic mass is 16.7. The van der Waals surface area contributed by atoms with Crippen LogP contribution in [0.3, 0.4) is 0 Å². The topological polar surface area (TPSA) is 129 Å². The predicted molar refractivity (Wildman–Crippen MR) is 64.6 cm³/mol. The van der Waals surface area contributed by atoms with Gasteiger partial charge >= 0.3 is 17.9 Å². The number of hydrogen-bond acceptors (Lipinski definition) is 9. The van der Waals surface area contributed by atoms with E-state index < -0.39 is 55.2 Å². The zero-order chi connectivity index (χ0) is 16.2. The molecule has 1 rings (SSSR count). The van der Waals surface area contributed by atoms with E-state index in [-0.39, 0.29) is 0 Å². The molecule has 0 saturated carbocycles. The third kappa shape index (κ3) is 4.66. The average molecular weight is 306 g/mol. The van der Waals surface area contributed by atoms with E-state index in [9.17, 15) is 24.6 Å². The molecule has 0 aromatic heterocycles. The lowest BCUT2D eigenvalue weighted by Crippen LogP contribution is -2.62. The standard InChI is InChI=1S/C12H18O9/c1-5(14)18-9-8(4-13)21-12(17)11(20-7(3)16)10(9)19-6(2)15/h8-13,17H,4H2,1-3H3/t8-,9+,10+,11-,12?/m1/s1. The van der Waals surface area contributed by atoms with Gasteiger partial charge in [-0.05, 0) is 0 Å². The molecular weight excluding hydrogens is 288 g/mol. The van der Waals surface area contributed by atoms with E-state index in [0.717, 1.165) is 20.8 Å². The van der Waals surface area contributed by atoms with Crippen LogP contribution >= 0.6 is 0 Å². The molecule has 0 radical (unpaired) electrons. The Morgan fingerprint density at radius 3 is 1.76 bits per heavy atom. The molecule has 21 heavy (non-hydrogen) atoms. The van der Waals surface area contributed by atoms with Gasteiger partial charge in [0.15, 0.2) is 24.6 Å². The SMILES string of the molecule is CC(=O)O[C@@H]1[C@H](OC(C)=O)[C@@H](OC(C)=O)C(O)O[C@@H]1CO. The van der Waals surface area contributed by atoms with E-state index >= 15 is 0 Å². The Labute approximate surface area is 120 Å². The van der Waals surface area contributed by atoms with E-state index in [4.69, 9.17) is 18.9 Å². The minimum absolute atomic E-state index is 0.598. The van der Waals surface area contributed by atoms with Gasteiger partial charge in [0.2, 0.25) is 0 Å². The van der Waals surface area contributed by atoms with Crippen LogP contribution in [0.1, 0.15) is 20.8 Å². The predicted octanol–water partition coefficient (Wildman–Crippen LogP) is -1.51. The van der Waals surface area contributed by atoms with E-state index in [1.165, 1.54) is 0 Å². The molecule has 0 amide bonds. The van der Waals surface area contributed by atoms with Crippen LogP contribution < -0.4 is 0 Å². The molecular formula is C12H18O9. The van der Waals surface area contributed by atoms with Gasteiger partial charge in [-0.2, -0.15) is 0 Å². The van der Waals surface area contributed by atoms with Crippen LogP contribution in [0.25, 0.3) is 0 Å². The van der Waals surface area contributed by atoms with Gasteiger partial charge in [0, 0.05) is 20.8 Å². The maximum absolute atomic E-state index is 11.2. The summed E-state index contributed by atoms with van der Waals surface area (Å²) < 4.78 is 19.8. The lowest BCUT2D eigenvalue weighted by molar-refractivity contribution is -0.295. The summed E-state index contributed by atoms with van der Waals surface area (Å²) in [5.74, 6) is -2.19. The van der Waals surface area contributed by atoms with Crippen molar-refractivity contribution in [3.05, 3.63) is 0 Å². The molecule has 1 heterocycles. The lowest BCUT2D eigenvalue weighted by atomic mass is 9.98. The molecule has 1 aliphatic heterocycles. The normalized spacial score (nSPS) is 32.1. The molecule has 0 bridgehead atoms. The van der Waals surface area contributed by atoms with E-state index in [2.05, 4.69) is 0 Å². The molecule has 5 atom stereocenters. The third-order valence-electron chi connectivity index (χ3n) is 2.70. The highest BCUT2D eigenvalue weighted by Crippen LogP contribution is 2.27. The smallest absolute Gasteiger partial charge is 0.303 e. The summed E-state index contributed by atoms with van der Waals surface area (Å²) in [5.41, 5.74) is 0. The molecule has 0 aromatic carbocycles. The largest absolute Gasteiger partial charge is 0.456 e. The summed E-state index contributed by atoms with van der Waals surface area (Å²) in [6.07, 6.45) is -6.65. The number of carbonyl (C=O) groups is 3. The molecule has 9 heteroatoms. The molecule has 9 nitrogen and oxygen atoms in total. The summed E-state index contributed by atoms with van der Waals surface area (Å²) in [7, 11) is 0. The number of rotatable bonds is 4. The van der Waals surface area contributed by atoms with Gasteiger partial charge in [0.1, 0.15) is 6.10 Å². The Balaban J connectivity index is 3.08. The number of ether oxygens (including phenoxy) is 4. The summed E-state index contributed by atoms with van der Waals surface area (Å²) >= 11 is 0. The zero-order valence-corrected chi connectivity index (χ0v) is 11.8. The van der Waals surface area contributed by atoms with Crippen molar-refractivity contribution in [1.82, 2.24) is 0 Å². The molecule has 0 spiro atoms. The van der Waals surface area contributed by atoms with Crippen LogP contribution in [0.2, 0.25) is 0 Å². The maximum atomic E-state index is 11.2. The van der Waals surface area contributed by atoms with Crippen LogP contribution in [0, 0.1) is 0 Å². The Hall–Kier alpha value is -1.71. The van der Waals surface area contributed by atoms with Gasteiger partial charge < -0.3 is 29.2 Å². The van der Waals surface area contributed by atoms with E-state index in [0.29, 0.717) is 0 Å². The van der Waals surface area contributed by atoms with Crippen molar-refractivity contribution in [1.29, 1.82) is 0 Å². The van der Waals surface area contributed by atoms with Gasteiger partial charge in [-0.15, -0.1) is 0 Å². The Kier molecular flexibility index (Phi) is 6.06. The molecule has 0 aliphatic carbocycles. The van der Waals surface area contributed by atoms with Crippen molar-refractivity contribution in [3.8, 4) is 0 Å². The highest BCUT2D eigenvalue weighted by molar-refractivity contribution is 5.68. The molecule has 1 saturated heterocycles. The van der Waals surface area contributed by atoms with Crippen molar-refractivity contribution in [2.75, 3.05) is 6.61 Å². The number of carbonyl (C=O) groups excluding carboxylic acids is 3. The van der Waals surface area contributed by atoms with Crippen molar-refractivity contribution in [3.63, 3.8) is 0 Å². The Morgan fingerprint density at radius 2 is 1.33 bits per heavy atom. The summed E-state index contributed by atoms with van der Waals surface area (Å²) in [6, 6.07) is 0. The van der Waals surface area contributed by atoms with Crippen LogP contribution in [0.4, 0.5) is 0 Å². The zero-order valence-electron chi connectivity index (χ0n) is 11.8. The molecule has 1 fully saturated rings. The van der Waals surface area contributed by atoms with Crippen LogP contribution in [0.5, 0.6) is 0 Å². The van der Waals surface area contributed by atoms with Crippen molar-refractivity contribution in [2.45, 2.75) is 51.5 Å². The first kappa shape index (κ1) is 17.3. The Bertz CT molecular complexity index is 408. The molecule has 1 unspecified atom stereocenters. The van der Waals surface area contributed by atoms with Gasteiger partial charge in [0.05, 0.1) is 6.61 Å². The average Bonchev–Trinajstić information content (AvgIpc) is 2.35. The summed E-state index contributed by atoms with van der Waals surface area (Å²) in [4.78, 5) is 33.4. The first-order valence-electron chi connectivity index (χ1n) is 6.22. The molecule has 1 aliphatic rings. The lowest BCUT2D eigenvalue weighted by Gasteiger charge is -2.42. The second-order valence-electron chi connectivity index (χ2n) is 4.47. The van der Waals surface area contributed by atoms with E-state index in [1.54, 1.807) is 0 Å². The van der Waals surface area contributed by atoms with Crippen molar-refractivity contribution in [2.24, 2.45) is 0 Å². The molecule has 120 valence electrons. The molecule has 2 N–H and O–H groups in total. The second kappa shape index (κ2) is 7.34. The fourth-order valence-corrected chi connectivity index (χ4v) is 2.02. The second-order valence-corrected chi connectivity index (χ2v) is 4.47. The minimum atomic E-state index is -1.64. The quantitative estimate of drug-likeness (QED) is 0.470. The highest BCUT2D eigenvalue weighted by Gasteiger charge is 2.51. The first-order valence-corrected chi connectivity index (χ1v) is 6.22. The Morgan fingerprint density at radius 1 is 0.905 bits per heavy atom. The van der Waals surface area contributed by atoms with Crippen LogP contribution in [-0.2, 0) is 33.3 Å². The minimum Gasteiger partial charge on any atom is -0.456 e. The van der Waals surface area contributed by atoms with Crippen molar-refractivity contribution >= 4 is 17.9 Å². The first-order chi connectivity index (χ1) is 9.76.